The topological polar surface area (TPSA) is 71.3 Å². The molecule has 0 fully saturated rings. The first-order chi connectivity index (χ1) is 9.81. The van der Waals surface area contributed by atoms with E-state index in [4.69, 9.17) is 28.3 Å². The van der Waals surface area contributed by atoms with E-state index in [-0.39, 0.29) is 21.4 Å². The second-order valence-corrected chi connectivity index (χ2v) is 5.80. The van der Waals surface area contributed by atoms with Crippen LogP contribution in [0.25, 0.3) is 0 Å². The van der Waals surface area contributed by atoms with Gasteiger partial charge in [0.05, 0.1) is 16.3 Å². The Morgan fingerprint density at radius 1 is 1.29 bits per heavy atom. The lowest BCUT2D eigenvalue weighted by Crippen LogP contribution is -2.16. The van der Waals surface area contributed by atoms with Crippen molar-refractivity contribution in [1.82, 2.24) is 4.57 Å². The van der Waals surface area contributed by atoms with Crippen LogP contribution in [0.2, 0.25) is 10.2 Å². The summed E-state index contributed by atoms with van der Waals surface area (Å²) in [7, 11) is 1.60. The molecule has 21 heavy (non-hydrogen) atoms. The molecular weight excluding hydrogens is 383 g/mol. The number of carboxylic acid groups (broad SMARTS) is 1. The van der Waals surface area contributed by atoms with E-state index < -0.39 is 11.9 Å². The molecule has 1 aromatic carbocycles. The number of aromatic carboxylic acids is 1. The van der Waals surface area contributed by atoms with Crippen molar-refractivity contribution in [2.24, 2.45) is 7.05 Å². The summed E-state index contributed by atoms with van der Waals surface area (Å²) in [5, 5.41) is 12.1. The molecule has 1 aromatic heterocycles. The number of anilines is 1. The first-order valence-corrected chi connectivity index (χ1v) is 7.21. The van der Waals surface area contributed by atoms with Gasteiger partial charge in [-0.2, -0.15) is 0 Å². The van der Waals surface area contributed by atoms with Crippen molar-refractivity contribution < 1.29 is 14.7 Å². The lowest BCUT2D eigenvalue weighted by molar-refractivity contribution is 0.0696. The predicted octanol–water partition coefficient (Wildman–Crippen LogP) is 4.04. The average molecular weight is 392 g/mol. The molecule has 0 saturated heterocycles. The first-order valence-electron chi connectivity index (χ1n) is 5.66. The Balaban J connectivity index is 2.33. The summed E-state index contributed by atoms with van der Waals surface area (Å²) in [5.41, 5.74) is 0.669. The first kappa shape index (κ1) is 15.9. The maximum atomic E-state index is 12.2. The van der Waals surface area contributed by atoms with E-state index in [1.807, 2.05) is 0 Å². The number of nitrogens with zero attached hydrogens (tertiary/aromatic N) is 1. The van der Waals surface area contributed by atoms with Crippen molar-refractivity contribution in [3.63, 3.8) is 0 Å². The van der Waals surface area contributed by atoms with Crippen molar-refractivity contribution in [1.29, 1.82) is 0 Å². The minimum absolute atomic E-state index is 0.0662. The Morgan fingerprint density at radius 3 is 2.48 bits per heavy atom. The maximum Gasteiger partial charge on any atom is 0.335 e. The highest BCUT2D eigenvalue weighted by molar-refractivity contribution is 9.10. The smallest absolute Gasteiger partial charge is 0.335 e. The van der Waals surface area contributed by atoms with Crippen LogP contribution in [-0.4, -0.2) is 21.6 Å². The number of amides is 1. The molecule has 2 N–H and O–H groups in total. The fraction of sp³-hybridized carbons (Fsp3) is 0.0769. The lowest BCUT2D eigenvalue weighted by atomic mass is 10.2. The van der Waals surface area contributed by atoms with Crippen LogP contribution >= 0.6 is 39.1 Å². The van der Waals surface area contributed by atoms with Crippen molar-refractivity contribution in [3.05, 3.63) is 50.2 Å². The fourth-order valence-corrected chi connectivity index (χ4v) is 2.42. The highest BCUT2D eigenvalue weighted by Gasteiger charge is 2.17. The van der Waals surface area contributed by atoms with Gasteiger partial charge in [0.15, 0.2) is 0 Å². The standard InChI is InChI=1S/C13H9BrCl2N2O3/c1-18-10(5-8(15)11(18)16)12(19)17-9-4-6(13(20)21)2-3-7(9)14/h2-5H,1H3,(H,17,19)(H,20,21). The number of aromatic nitrogens is 1. The molecule has 2 aromatic rings. The third kappa shape index (κ3) is 3.23. The molecule has 0 aliphatic rings. The Labute approximate surface area is 138 Å². The number of hydrogen-bond donors (Lipinski definition) is 2. The number of carbonyl (C=O) groups is 2. The summed E-state index contributed by atoms with van der Waals surface area (Å²) in [6.07, 6.45) is 0. The van der Waals surface area contributed by atoms with Crippen molar-refractivity contribution in [2.45, 2.75) is 0 Å². The summed E-state index contributed by atoms with van der Waals surface area (Å²) in [6.45, 7) is 0. The summed E-state index contributed by atoms with van der Waals surface area (Å²) in [6, 6.07) is 5.77. The Kier molecular flexibility index (Phi) is 4.61. The molecule has 110 valence electrons. The van der Waals surface area contributed by atoms with Gasteiger partial charge in [-0.3, -0.25) is 4.79 Å². The van der Waals surface area contributed by atoms with Crippen LogP contribution in [0.4, 0.5) is 5.69 Å². The molecule has 5 nitrogen and oxygen atoms in total. The third-order valence-electron chi connectivity index (χ3n) is 2.81. The van der Waals surface area contributed by atoms with E-state index >= 15 is 0 Å². The van der Waals surface area contributed by atoms with Gasteiger partial charge in [0.1, 0.15) is 10.8 Å². The Morgan fingerprint density at radius 2 is 1.95 bits per heavy atom. The van der Waals surface area contributed by atoms with Crippen molar-refractivity contribution in [2.75, 3.05) is 5.32 Å². The van der Waals surface area contributed by atoms with Crippen LogP contribution in [0.15, 0.2) is 28.7 Å². The average Bonchev–Trinajstić information content (AvgIpc) is 2.68. The van der Waals surface area contributed by atoms with Crippen LogP contribution in [0.3, 0.4) is 0 Å². The quantitative estimate of drug-likeness (QED) is 0.829. The molecule has 0 aliphatic heterocycles. The van der Waals surface area contributed by atoms with Crippen LogP contribution in [0.5, 0.6) is 0 Å². The highest BCUT2D eigenvalue weighted by atomic mass is 79.9. The molecule has 0 saturated carbocycles. The maximum absolute atomic E-state index is 12.2. The van der Waals surface area contributed by atoms with E-state index in [0.717, 1.165) is 0 Å². The SMILES string of the molecule is Cn1c(C(=O)Nc2cc(C(=O)O)ccc2Br)cc(Cl)c1Cl. The molecule has 0 spiro atoms. The van der Waals surface area contributed by atoms with Gasteiger partial charge in [0.25, 0.3) is 5.91 Å². The fourth-order valence-electron chi connectivity index (χ4n) is 1.70. The zero-order valence-electron chi connectivity index (χ0n) is 10.7. The van der Waals surface area contributed by atoms with E-state index in [1.54, 1.807) is 13.1 Å². The second-order valence-electron chi connectivity index (χ2n) is 4.18. The molecule has 2 rings (SSSR count). The number of carbonyl (C=O) groups excluding carboxylic acids is 1. The summed E-state index contributed by atoms with van der Waals surface area (Å²) in [5.74, 6) is -1.53. The van der Waals surface area contributed by atoms with Crippen molar-refractivity contribution in [3.8, 4) is 0 Å². The van der Waals surface area contributed by atoms with Crippen LogP contribution in [-0.2, 0) is 7.05 Å². The predicted molar refractivity (Wildman–Crippen MR) is 84.5 cm³/mol. The largest absolute Gasteiger partial charge is 0.478 e. The van der Waals surface area contributed by atoms with E-state index in [0.29, 0.717) is 10.2 Å². The molecule has 1 amide bonds. The van der Waals surface area contributed by atoms with Crippen molar-refractivity contribution >= 4 is 56.7 Å². The van der Waals surface area contributed by atoms with Crippen LogP contribution in [0.1, 0.15) is 20.8 Å². The van der Waals surface area contributed by atoms with Gasteiger partial charge in [0.2, 0.25) is 0 Å². The number of nitrogens with one attached hydrogen (secondary N) is 1. The van der Waals surface area contributed by atoms with E-state index in [2.05, 4.69) is 21.2 Å². The second kappa shape index (κ2) is 6.09. The zero-order chi connectivity index (χ0) is 15.7. The van der Waals surface area contributed by atoms with Gasteiger partial charge in [-0.25, -0.2) is 4.79 Å². The van der Waals surface area contributed by atoms with Crippen LogP contribution < -0.4 is 5.32 Å². The summed E-state index contributed by atoms with van der Waals surface area (Å²) >= 11 is 15.0. The van der Waals surface area contributed by atoms with Gasteiger partial charge in [0, 0.05) is 11.5 Å². The monoisotopic (exact) mass is 390 g/mol. The third-order valence-corrected chi connectivity index (χ3v) is 4.34. The Hall–Kier alpha value is -1.50. The van der Waals surface area contributed by atoms with Gasteiger partial charge >= 0.3 is 5.97 Å². The number of carboxylic acids is 1. The highest BCUT2D eigenvalue weighted by Crippen LogP contribution is 2.27. The van der Waals surface area contributed by atoms with E-state index in [9.17, 15) is 9.59 Å². The molecule has 0 bridgehead atoms. The molecule has 8 heteroatoms. The zero-order valence-corrected chi connectivity index (χ0v) is 13.8. The minimum atomic E-state index is -1.08. The molecule has 1 heterocycles. The van der Waals surface area contributed by atoms with Gasteiger partial charge in [-0.1, -0.05) is 23.2 Å². The van der Waals surface area contributed by atoms with Gasteiger partial charge < -0.3 is 15.0 Å². The summed E-state index contributed by atoms with van der Waals surface area (Å²) < 4.78 is 2.00. The molecule has 0 atom stereocenters. The van der Waals surface area contributed by atoms with Gasteiger partial charge in [-0.05, 0) is 40.2 Å². The number of rotatable bonds is 3. The summed E-state index contributed by atoms with van der Waals surface area (Å²) in [4.78, 5) is 23.2. The molecular formula is C13H9BrCl2N2O3. The molecule has 0 aliphatic carbocycles. The van der Waals surface area contributed by atoms with Gasteiger partial charge in [-0.15, -0.1) is 0 Å². The molecule has 0 radical (unpaired) electrons. The lowest BCUT2D eigenvalue weighted by Gasteiger charge is -2.09. The normalized spacial score (nSPS) is 10.5. The minimum Gasteiger partial charge on any atom is -0.478 e. The number of hydrogen-bond acceptors (Lipinski definition) is 2. The number of benzene rings is 1. The molecule has 0 unspecified atom stereocenters. The van der Waals surface area contributed by atoms with Crippen LogP contribution in [0, 0.1) is 0 Å². The Bertz CT molecular complexity index is 743. The van der Waals surface area contributed by atoms with E-state index in [1.165, 1.54) is 22.8 Å². The number of halogens is 3.